The SMILES string of the molecule is Cc1cc(I)ccc1NC(=O)c1sc2nc(C(C)C)ccc2c1N. The molecule has 0 bridgehead atoms. The number of fused-ring (bicyclic) bond motifs is 1. The fourth-order valence-electron chi connectivity index (χ4n) is 2.45. The van der Waals surface area contributed by atoms with E-state index in [4.69, 9.17) is 5.73 Å². The summed E-state index contributed by atoms with van der Waals surface area (Å²) in [6.45, 7) is 6.17. The fourth-order valence-corrected chi connectivity index (χ4v) is 4.09. The molecular weight excluding hydrogens is 433 g/mol. The lowest BCUT2D eigenvalue weighted by Crippen LogP contribution is -2.12. The Morgan fingerprint density at radius 3 is 2.71 bits per heavy atom. The maximum atomic E-state index is 12.7. The molecule has 2 heterocycles. The molecule has 6 heteroatoms. The Morgan fingerprint density at radius 1 is 1.29 bits per heavy atom. The maximum Gasteiger partial charge on any atom is 0.267 e. The van der Waals surface area contributed by atoms with Crippen molar-refractivity contribution in [2.24, 2.45) is 0 Å². The predicted molar refractivity (Wildman–Crippen MR) is 110 cm³/mol. The van der Waals surface area contributed by atoms with E-state index in [-0.39, 0.29) is 5.91 Å². The van der Waals surface area contributed by atoms with Crippen LogP contribution in [0.15, 0.2) is 30.3 Å². The van der Waals surface area contributed by atoms with E-state index in [1.165, 1.54) is 11.3 Å². The number of aromatic nitrogens is 1. The topological polar surface area (TPSA) is 68.0 Å². The van der Waals surface area contributed by atoms with Crippen molar-refractivity contribution in [3.8, 4) is 0 Å². The van der Waals surface area contributed by atoms with Crippen LogP contribution in [0.2, 0.25) is 0 Å². The molecule has 24 heavy (non-hydrogen) atoms. The number of carbonyl (C=O) groups is 1. The molecule has 1 amide bonds. The number of benzene rings is 1. The third-order valence-electron chi connectivity index (χ3n) is 3.85. The first kappa shape index (κ1) is 17.2. The summed E-state index contributed by atoms with van der Waals surface area (Å²) in [5.41, 5.74) is 9.52. The van der Waals surface area contributed by atoms with Crippen molar-refractivity contribution in [1.82, 2.24) is 4.98 Å². The summed E-state index contributed by atoms with van der Waals surface area (Å²) in [7, 11) is 0. The van der Waals surface area contributed by atoms with Gasteiger partial charge in [0.1, 0.15) is 9.71 Å². The van der Waals surface area contributed by atoms with Crippen LogP contribution in [0.25, 0.3) is 10.2 Å². The van der Waals surface area contributed by atoms with Gasteiger partial charge in [0.2, 0.25) is 0 Å². The standard InChI is InChI=1S/C18H18IN3OS/c1-9(2)13-7-5-12-15(20)16(24-18(12)22-13)17(23)21-14-6-4-11(19)8-10(14)3/h4-9H,20H2,1-3H3,(H,21,23). The van der Waals surface area contributed by atoms with E-state index in [0.717, 1.165) is 30.7 Å². The molecule has 3 rings (SSSR count). The van der Waals surface area contributed by atoms with Crippen molar-refractivity contribution >= 4 is 61.4 Å². The van der Waals surface area contributed by atoms with Crippen LogP contribution in [0.4, 0.5) is 11.4 Å². The second-order valence-corrected chi connectivity index (χ2v) is 8.25. The number of thiophene rings is 1. The third-order valence-corrected chi connectivity index (χ3v) is 5.63. The Hall–Kier alpha value is -1.67. The average molecular weight is 451 g/mol. The van der Waals surface area contributed by atoms with Gasteiger partial charge in [-0.2, -0.15) is 0 Å². The Morgan fingerprint density at radius 2 is 2.04 bits per heavy atom. The number of nitrogens with zero attached hydrogens (tertiary/aromatic N) is 1. The highest BCUT2D eigenvalue weighted by molar-refractivity contribution is 14.1. The van der Waals surface area contributed by atoms with E-state index < -0.39 is 0 Å². The summed E-state index contributed by atoms with van der Waals surface area (Å²) < 4.78 is 1.13. The lowest BCUT2D eigenvalue weighted by Gasteiger charge is -2.08. The molecule has 1 aromatic carbocycles. The van der Waals surface area contributed by atoms with Gasteiger partial charge in [0, 0.05) is 20.3 Å². The van der Waals surface area contributed by atoms with Crippen LogP contribution >= 0.6 is 33.9 Å². The maximum absolute atomic E-state index is 12.7. The van der Waals surface area contributed by atoms with Gasteiger partial charge in [0.15, 0.2) is 0 Å². The number of aryl methyl sites for hydroxylation is 1. The fraction of sp³-hybridized carbons (Fsp3) is 0.222. The van der Waals surface area contributed by atoms with Crippen molar-refractivity contribution in [3.63, 3.8) is 0 Å². The summed E-state index contributed by atoms with van der Waals surface area (Å²) in [5.74, 6) is 0.148. The first-order valence-corrected chi connectivity index (χ1v) is 9.52. The lowest BCUT2D eigenvalue weighted by atomic mass is 10.1. The van der Waals surface area contributed by atoms with Crippen LogP contribution in [-0.2, 0) is 0 Å². The molecule has 3 N–H and O–H groups in total. The number of nitrogens with one attached hydrogen (secondary N) is 1. The van der Waals surface area contributed by atoms with E-state index in [1.807, 2.05) is 37.3 Å². The zero-order valence-electron chi connectivity index (χ0n) is 13.7. The smallest absolute Gasteiger partial charge is 0.267 e. The number of hydrogen-bond acceptors (Lipinski definition) is 4. The van der Waals surface area contributed by atoms with Crippen LogP contribution in [0.3, 0.4) is 0 Å². The minimum absolute atomic E-state index is 0.189. The Bertz CT molecular complexity index is 933. The van der Waals surface area contributed by atoms with Gasteiger partial charge in [-0.25, -0.2) is 4.98 Å². The zero-order valence-corrected chi connectivity index (χ0v) is 16.7. The average Bonchev–Trinajstić information content (AvgIpc) is 2.86. The summed E-state index contributed by atoms with van der Waals surface area (Å²) in [4.78, 5) is 18.6. The first-order valence-electron chi connectivity index (χ1n) is 7.63. The number of halogens is 1. The molecular formula is C18H18IN3OS. The molecule has 0 saturated carbocycles. The molecule has 4 nitrogen and oxygen atoms in total. The number of hydrogen-bond donors (Lipinski definition) is 2. The molecule has 2 aromatic heterocycles. The van der Waals surface area contributed by atoms with Crippen LogP contribution in [0.1, 0.15) is 40.7 Å². The summed E-state index contributed by atoms with van der Waals surface area (Å²) in [6.07, 6.45) is 0. The van der Waals surface area contributed by atoms with Gasteiger partial charge in [-0.3, -0.25) is 4.79 Å². The van der Waals surface area contributed by atoms with Gasteiger partial charge in [-0.1, -0.05) is 13.8 Å². The molecule has 0 radical (unpaired) electrons. The molecule has 0 aliphatic heterocycles. The summed E-state index contributed by atoms with van der Waals surface area (Å²) in [6, 6.07) is 9.83. The highest BCUT2D eigenvalue weighted by atomic mass is 127. The quantitative estimate of drug-likeness (QED) is 0.540. The predicted octanol–water partition coefficient (Wildman–Crippen LogP) is 5.17. The molecule has 0 spiro atoms. The Kier molecular flexibility index (Phi) is 4.78. The van der Waals surface area contributed by atoms with Gasteiger partial charge >= 0.3 is 0 Å². The minimum atomic E-state index is -0.189. The number of nitrogen functional groups attached to an aromatic ring is 1. The molecule has 124 valence electrons. The molecule has 0 unspecified atom stereocenters. The molecule has 0 atom stereocenters. The summed E-state index contributed by atoms with van der Waals surface area (Å²) >= 11 is 3.59. The monoisotopic (exact) mass is 451 g/mol. The Labute approximate surface area is 158 Å². The van der Waals surface area contributed by atoms with Gasteiger partial charge in [-0.15, -0.1) is 11.3 Å². The second kappa shape index (κ2) is 6.68. The number of rotatable bonds is 3. The van der Waals surface area contributed by atoms with E-state index in [2.05, 4.69) is 46.7 Å². The largest absolute Gasteiger partial charge is 0.397 e. The van der Waals surface area contributed by atoms with Crippen LogP contribution in [0.5, 0.6) is 0 Å². The molecule has 0 saturated heterocycles. The van der Waals surface area contributed by atoms with Crippen molar-refractivity contribution in [3.05, 3.63) is 50.0 Å². The molecule has 0 aliphatic carbocycles. The Balaban J connectivity index is 1.96. The molecule has 3 aromatic rings. The van der Waals surface area contributed by atoms with E-state index >= 15 is 0 Å². The highest BCUT2D eigenvalue weighted by Crippen LogP contribution is 2.34. The van der Waals surface area contributed by atoms with Crippen molar-refractivity contribution in [2.75, 3.05) is 11.1 Å². The minimum Gasteiger partial charge on any atom is -0.397 e. The lowest BCUT2D eigenvalue weighted by molar-refractivity contribution is 0.103. The zero-order chi connectivity index (χ0) is 17.4. The van der Waals surface area contributed by atoms with Gasteiger partial charge < -0.3 is 11.1 Å². The molecule has 0 aliphatic rings. The summed E-state index contributed by atoms with van der Waals surface area (Å²) in [5, 5.41) is 3.79. The molecule has 0 fully saturated rings. The first-order chi connectivity index (χ1) is 11.4. The number of amides is 1. The van der Waals surface area contributed by atoms with E-state index in [9.17, 15) is 4.79 Å². The normalized spacial score (nSPS) is 11.2. The number of anilines is 2. The van der Waals surface area contributed by atoms with Crippen LogP contribution in [0, 0.1) is 10.5 Å². The number of pyridine rings is 1. The van der Waals surface area contributed by atoms with Crippen LogP contribution < -0.4 is 11.1 Å². The van der Waals surface area contributed by atoms with Crippen molar-refractivity contribution in [1.29, 1.82) is 0 Å². The van der Waals surface area contributed by atoms with Gasteiger partial charge in [-0.05, 0) is 71.3 Å². The highest BCUT2D eigenvalue weighted by Gasteiger charge is 2.18. The van der Waals surface area contributed by atoms with E-state index in [0.29, 0.717) is 16.5 Å². The number of carbonyl (C=O) groups excluding carboxylic acids is 1. The number of nitrogens with two attached hydrogens (primary N) is 1. The third kappa shape index (κ3) is 3.25. The van der Waals surface area contributed by atoms with E-state index in [1.54, 1.807) is 0 Å². The van der Waals surface area contributed by atoms with Crippen LogP contribution in [-0.4, -0.2) is 10.9 Å². The van der Waals surface area contributed by atoms with Crippen molar-refractivity contribution < 1.29 is 4.79 Å². The van der Waals surface area contributed by atoms with Gasteiger partial charge in [0.25, 0.3) is 5.91 Å². The van der Waals surface area contributed by atoms with Gasteiger partial charge in [0.05, 0.1) is 5.69 Å². The van der Waals surface area contributed by atoms with Crippen molar-refractivity contribution in [2.45, 2.75) is 26.7 Å². The second-order valence-electron chi connectivity index (χ2n) is 6.00.